The molecule has 8 N–H and O–H groups in total. The fraction of sp³-hybridized carbons (Fsp3) is 0.101. The Hall–Kier alpha value is -15.9. The number of ether oxygens (including phenoxy) is 7. The number of rotatable bonds is 28. The highest BCUT2D eigenvalue weighted by molar-refractivity contribution is 9.69. The predicted octanol–water partition coefficient (Wildman–Crippen LogP) is 22.6. The number of halogens is 11. The van der Waals surface area contributed by atoms with Crippen molar-refractivity contribution in [1.29, 1.82) is 0 Å². The number of benzene rings is 14. The number of cyclic esters (lactones) is 1. The molecule has 0 saturated carbocycles. The number of hydrogen-bond acceptors (Lipinski definition) is 21. The van der Waals surface area contributed by atoms with Crippen LogP contribution in [0.15, 0.2) is 356 Å². The van der Waals surface area contributed by atoms with Gasteiger partial charge in [-0.2, -0.15) is 0 Å². The van der Waals surface area contributed by atoms with Crippen LogP contribution in [0.25, 0.3) is 12.2 Å². The Morgan fingerprint density at radius 2 is 0.766 bits per heavy atom. The molecule has 1 aliphatic heterocycles. The first-order valence-corrected chi connectivity index (χ1v) is 46.8. The number of carboxylic acid groups (broad SMARTS) is 1. The first kappa shape index (κ1) is 116. The van der Waals surface area contributed by atoms with E-state index >= 15 is 0 Å². The molecule has 748 valence electrons. The minimum Gasteiger partial charge on any atom is -0.505 e. The molecule has 0 aliphatic carbocycles. The van der Waals surface area contributed by atoms with Crippen molar-refractivity contribution in [1.82, 2.24) is 10.6 Å². The number of esters is 3. The van der Waals surface area contributed by atoms with E-state index in [0.29, 0.717) is 68.9 Å². The molecule has 1 heterocycles. The Kier molecular flexibility index (Phi) is 50.5. The Balaban J connectivity index is 0.000000231. The van der Waals surface area contributed by atoms with Gasteiger partial charge in [0.1, 0.15) is 56.5 Å². The number of carbonyl (C=O) groups excluding carboxylic acids is 8. The lowest BCUT2D eigenvalue weighted by Gasteiger charge is -2.17. The molecular formula is C109H92BBr4F7N4O20. The lowest BCUT2D eigenvalue weighted by Crippen LogP contribution is -2.43. The molecule has 2 atom stereocenters. The highest BCUT2D eigenvalue weighted by Gasteiger charge is 2.26. The van der Waals surface area contributed by atoms with Crippen molar-refractivity contribution in [3.8, 4) is 40.2 Å². The van der Waals surface area contributed by atoms with Gasteiger partial charge in [0.15, 0.2) is 86.7 Å². The molecule has 0 spiro atoms. The van der Waals surface area contributed by atoms with Crippen LogP contribution in [0.1, 0.15) is 102 Å². The minimum absolute atomic E-state index is 0.0335. The molecule has 0 radical (unpaired) electrons. The molecular weight excluding hydrogens is 2150 g/mol. The number of aromatic hydroxyl groups is 3. The van der Waals surface area contributed by atoms with Crippen molar-refractivity contribution < 1.29 is 127 Å². The summed E-state index contributed by atoms with van der Waals surface area (Å²) in [5, 5.41) is 41.6. The van der Waals surface area contributed by atoms with E-state index in [9.17, 15) is 79.0 Å². The van der Waals surface area contributed by atoms with E-state index in [2.05, 4.69) is 100 Å². The lowest BCUT2D eigenvalue weighted by atomic mass is 10.0. The average molecular weight is 2240 g/mol. The van der Waals surface area contributed by atoms with Crippen molar-refractivity contribution in [3.05, 3.63) is 470 Å². The zero-order valence-electron chi connectivity index (χ0n) is 77.2. The van der Waals surface area contributed by atoms with Crippen LogP contribution in [0, 0.1) is 40.7 Å². The van der Waals surface area contributed by atoms with Gasteiger partial charge in [-0.3, -0.25) is 28.8 Å². The SMILES string of the molecule is BrB(Br)Br.BrCc1ccccc1.COC(=O)/C(=C/c1ccc(F)c(OCc2ccccc2)c1)NC(=O)c1ccccc1.COC(=O)C(Cc1ccc(F)c(O)c1)NC(=O)c1ccccc1.COc1cc(C=O)ccc1F.NC(Cc1ccc(F)c(O)c1)C(=O)O.O=C1OC(c2ccccc2)=N/C1=C\c1ccc(F)c(OCc2ccccc2)c1.O=Cc1ccc(F)c(O)c1.O=Cc1ccc(F)c(OCc2ccccc2)c1. The van der Waals surface area contributed by atoms with Crippen LogP contribution in [-0.2, 0) is 71.4 Å². The molecule has 14 aromatic carbocycles. The third kappa shape index (κ3) is 42.1. The van der Waals surface area contributed by atoms with Crippen molar-refractivity contribution in [2.24, 2.45) is 10.7 Å². The number of carbonyl (C=O) groups is 9. The van der Waals surface area contributed by atoms with Crippen molar-refractivity contribution >= 4 is 139 Å². The fourth-order valence-corrected chi connectivity index (χ4v) is 12.2. The van der Waals surface area contributed by atoms with Gasteiger partial charge in [0, 0.05) is 45.1 Å². The molecule has 0 saturated heterocycles. The second kappa shape index (κ2) is 63.1. The fourth-order valence-electron chi connectivity index (χ4n) is 11.9. The number of aliphatic carboxylic acids is 1. The first-order chi connectivity index (χ1) is 69.7. The highest BCUT2D eigenvalue weighted by Crippen LogP contribution is 2.29. The molecule has 0 fully saturated rings. The number of nitrogens with one attached hydrogen (secondary N) is 2. The van der Waals surface area contributed by atoms with Crippen molar-refractivity contribution in [3.63, 3.8) is 0 Å². The molecule has 15 rings (SSSR count). The number of methoxy groups -OCH3 is 3. The van der Waals surface area contributed by atoms with Crippen molar-refractivity contribution in [2.45, 2.75) is 50.1 Å². The molecule has 36 heteroatoms. The Morgan fingerprint density at radius 1 is 0.421 bits per heavy atom. The van der Waals surface area contributed by atoms with Gasteiger partial charge in [0.2, 0.25) is 5.90 Å². The van der Waals surface area contributed by atoms with E-state index in [1.165, 1.54) is 124 Å². The summed E-state index contributed by atoms with van der Waals surface area (Å²) in [4.78, 5) is 106. The predicted molar refractivity (Wildman–Crippen MR) is 550 cm³/mol. The van der Waals surface area contributed by atoms with E-state index in [1.807, 2.05) is 140 Å². The normalized spacial score (nSPS) is 11.3. The first-order valence-electron chi connectivity index (χ1n) is 42.9. The number of amides is 2. The quantitative estimate of drug-likeness (QED) is 0.00455. The summed E-state index contributed by atoms with van der Waals surface area (Å²) < 4.78 is 128. The van der Waals surface area contributed by atoms with Crippen LogP contribution in [0.5, 0.6) is 40.2 Å². The summed E-state index contributed by atoms with van der Waals surface area (Å²) in [5.41, 5.74) is 14.0. The van der Waals surface area contributed by atoms with E-state index in [0.717, 1.165) is 52.4 Å². The Bertz CT molecular complexity index is 6670. The van der Waals surface area contributed by atoms with Crippen LogP contribution in [0.4, 0.5) is 30.7 Å². The number of carboxylic acids is 1. The summed E-state index contributed by atoms with van der Waals surface area (Å²) in [6.45, 7) is 0.718. The molecule has 14 aromatic rings. The minimum atomic E-state index is -1.13. The molecule has 0 aromatic heterocycles. The maximum absolute atomic E-state index is 14.2. The van der Waals surface area contributed by atoms with Gasteiger partial charge >= 0.3 is 27.1 Å². The van der Waals surface area contributed by atoms with Crippen LogP contribution in [0.2, 0.25) is 0 Å². The van der Waals surface area contributed by atoms with Gasteiger partial charge in [-0.1, -0.05) is 216 Å². The number of aliphatic imine (C=N–C) groups is 1. The molecule has 24 nitrogen and oxygen atoms in total. The molecule has 145 heavy (non-hydrogen) atoms. The summed E-state index contributed by atoms with van der Waals surface area (Å²) >= 11 is 12.7. The maximum Gasteiger partial charge on any atom is 0.369 e. The van der Waals surface area contributed by atoms with Gasteiger partial charge in [0.25, 0.3) is 11.8 Å². The monoisotopic (exact) mass is 2240 g/mol. The van der Waals surface area contributed by atoms with Crippen LogP contribution < -0.4 is 35.3 Å². The molecule has 2 unspecified atom stereocenters. The molecule has 2 amide bonds. The van der Waals surface area contributed by atoms with Crippen molar-refractivity contribution in [2.75, 3.05) is 21.3 Å². The highest BCUT2D eigenvalue weighted by atomic mass is 79.9. The van der Waals surface area contributed by atoms with Gasteiger partial charge in [0.05, 0.1) is 21.3 Å². The smallest absolute Gasteiger partial charge is 0.369 e. The zero-order valence-corrected chi connectivity index (χ0v) is 83.5. The number of phenolic OH excluding ortho intramolecular Hbond substituents is 3. The van der Waals surface area contributed by atoms with Gasteiger partial charge < -0.3 is 70.0 Å². The number of aldehydes is 3. The van der Waals surface area contributed by atoms with Gasteiger partial charge in [-0.25, -0.2) is 50.1 Å². The summed E-state index contributed by atoms with van der Waals surface area (Å²) in [6.07, 6.45) is 4.92. The van der Waals surface area contributed by atoms with E-state index in [1.54, 1.807) is 72.8 Å². The second-order valence-electron chi connectivity index (χ2n) is 29.6. The third-order valence-electron chi connectivity index (χ3n) is 19.1. The topological polar surface area (TPSA) is 362 Å². The van der Waals surface area contributed by atoms with Gasteiger partial charge in [-0.15, -0.1) is 47.3 Å². The Morgan fingerprint density at radius 3 is 1.15 bits per heavy atom. The van der Waals surface area contributed by atoms with E-state index < -0.39 is 106 Å². The average Bonchev–Trinajstić information content (AvgIpc) is 1.70. The van der Waals surface area contributed by atoms with Crippen LogP contribution in [-0.4, -0.2) is 117 Å². The molecule has 0 bridgehead atoms. The Labute approximate surface area is 863 Å². The largest absolute Gasteiger partial charge is 0.505 e. The molecule has 1 aliphatic rings. The maximum atomic E-state index is 14.2. The second-order valence-corrected chi connectivity index (χ2v) is 36.6. The van der Waals surface area contributed by atoms with Gasteiger partial charge in [-0.05, 0) is 203 Å². The van der Waals surface area contributed by atoms with Crippen LogP contribution in [0.3, 0.4) is 0 Å². The van der Waals surface area contributed by atoms with E-state index in [4.69, 9.17) is 44.7 Å². The lowest BCUT2D eigenvalue weighted by molar-refractivity contribution is -0.143. The zero-order chi connectivity index (χ0) is 106. The number of alkyl halides is 1. The standard InChI is InChI=1S/C24H20FNO4.C23H16FNO3.C17H16FNO4.C14H11FO2.C9H10FNO3.C8H7FO2.C7H7Br.C7H5FO2.BBr3/c1-29-24(28)21(26-23(27)19-10-6-3-7-11-19)14-18-12-13-20(25)22(15-18)30-16-17-8-4-2-5-9-17;24-19-12-11-17(14-21(19)27-15-16-7-3-1-4-8-16)13-20-23(26)28-22(25-20)18-9-5-2-6-10-18;1-23-17(22)14(9-11-7-8-13(18)15(20)10-11)19-16(21)12-5-3-2-4-6-12;15-13-7-6-12(9-16)8-14(13)17-10-11-4-2-1-3-5-11;10-6-2-1-5(4-8(6)12)3-7(11)9(13)14;1-11-8-4-6(5-10)2-3-7(8)9;8-6-7-4-2-1-3-5-7;8-6-2-1-5(4-9)3-7(6)10;2-1(3)4/h2-15H,16H2,1H3,(H,26,27);1-14H,15H2;2-8,10,14,20H,9H2,1H3,(H,19,21);1-9H,10H2;1-2,4,7,12H,3,11H2,(H,13,14);2-5H,1H3;1-5H,6H2;1-4,10H;/b21-14-;20-13-;;;;;;;. The number of nitrogens with zero attached hydrogens (tertiary/aromatic N) is 1. The van der Waals surface area contributed by atoms with Crippen LogP contribution >= 0.6 is 63.2 Å². The number of hydrogen-bond donors (Lipinski definition) is 7. The van der Waals surface area contributed by atoms with E-state index in [-0.39, 0.29) is 81.7 Å². The summed E-state index contributed by atoms with van der Waals surface area (Å²) in [6, 6.07) is 89.9. The summed E-state index contributed by atoms with van der Waals surface area (Å²) in [5.74, 6) is -8.98. The third-order valence-corrected chi connectivity index (χ3v) is 19.8. The number of phenols is 3. The number of nitrogens with two attached hydrogens (primary N) is 1. The summed E-state index contributed by atoms with van der Waals surface area (Å²) in [7, 11) is 3.78.